The Morgan fingerprint density at radius 3 is 1.88 bits per heavy atom. The highest BCUT2D eigenvalue weighted by atomic mass is 19.4. The standard InChI is InChI=1S/C8H10F6O3/c1-4(2-3-5(15)16)17-6(7(9,10)11)8(12,13)14/h4,6H,2-3H2,1H3,(H,15,16). The highest BCUT2D eigenvalue weighted by Gasteiger charge is 2.58. The summed E-state index contributed by atoms with van der Waals surface area (Å²) in [5, 5.41) is 8.22. The van der Waals surface area contributed by atoms with E-state index in [1.807, 2.05) is 0 Å². The maximum absolute atomic E-state index is 12.0. The molecule has 0 aromatic carbocycles. The van der Waals surface area contributed by atoms with E-state index in [-0.39, 0.29) is 0 Å². The fourth-order valence-electron chi connectivity index (χ4n) is 0.967. The minimum absolute atomic E-state index is 0.433. The molecule has 0 saturated heterocycles. The molecule has 1 atom stereocenters. The van der Waals surface area contributed by atoms with Crippen molar-refractivity contribution in [3.05, 3.63) is 0 Å². The Morgan fingerprint density at radius 2 is 1.59 bits per heavy atom. The molecule has 0 aliphatic heterocycles. The summed E-state index contributed by atoms with van der Waals surface area (Å²) < 4.78 is 75.9. The van der Waals surface area contributed by atoms with Gasteiger partial charge < -0.3 is 9.84 Å². The molecule has 0 aromatic rings. The number of carbonyl (C=O) groups is 1. The molecule has 0 rings (SSSR count). The van der Waals surface area contributed by atoms with Gasteiger partial charge in [-0.3, -0.25) is 4.79 Å². The number of alkyl halides is 6. The lowest BCUT2D eigenvalue weighted by Gasteiger charge is -2.26. The lowest BCUT2D eigenvalue weighted by atomic mass is 10.2. The van der Waals surface area contributed by atoms with Gasteiger partial charge in [-0.25, -0.2) is 0 Å². The maximum Gasteiger partial charge on any atom is 0.423 e. The number of halogens is 6. The van der Waals surface area contributed by atoms with Crippen LogP contribution >= 0.6 is 0 Å². The van der Waals surface area contributed by atoms with Crippen LogP contribution in [0.15, 0.2) is 0 Å². The van der Waals surface area contributed by atoms with Gasteiger partial charge in [0.2, 0.25) is 6.10 Å². The molecule has 0 aromatic heterocycles. The Kier molecular flexibility index (Phi) is 5.24. The highest BCUT2D eigenvalue weighted by Crippen LogP contribution is 2.36. The van der Waals surface area contributed by atoms with Crippen LogP contribution in [0.25, 0.3) is 0 Å². The number of hydrogen-bond donors (Lipinski definition) is 1. The van der Waals surface area contributed by atoms with Crippen LogP contribution in [0.1, 0.15) is 19.8 Å². The molecule has 0 fully saturated rings. The van der Waals surface area contributed by atoms with Crippen LogP contribution < -0.4 is 0 Å². The van der Waals surface area contributed by atoms with Gasteiger partial charge in [0.05, 0.1) is 6.10 Å². The van der Waals surface area contributed by atoms with Gasteiger partial charge in [0, 0.05) is 6.42 Å². The number of hydrogen-bond acceptors (Lipinski definition) is 2. The monoisotopic (exact) mass is 268 g/mol. The summed E-state index contributed by atoms with van der Waals surface area (Å²) in [4.78, 5) is 10.1. The number of aliphatic carboxylic acids is 1. The van der Waals surface area contributed by atoms with Crippen LogP contribution in [0, 0.1) is 0 Å². The SMILES string of the molecule is CC(CCC(=O)O)OC(C(F)(F)F)C(F)(F)F. The first-order chi connectivity index (χ1) is 7.44. The van der Waals surface area contributed by atoms with Crippen molar-refractivity contribution in [3.8, 4) is 0 Å². The van der Waals surface area contributed by atoms with Crippen LogP contribution in [0.4, 0.5) is 26.3 Å². The minimum Gasteiger partial charge on any atom is -0.481 e. The van der Waals surface area contributed by atoms with Crippen molar-refractivity contribution in [1.29, 1.82) is 0 Å². The summed E-state index contributed by atoms with van der Waals surface area (Å²) in [6.07, 6.45) is -17.5. The number of carboxylic acids is 1. The molecular formula is C8H10F6O3. The van der Waals surface area contributed by atoms with E-state index in [9.17, 15) is 31.1 Å². The zero-order valence-electron chi connectivity index (χ0n) is 8.60. The average Bonchev–Trinajstić information content (AvgIpc) is 2.07. The van der Waals surface area contributed by atoms with E-state index in [0.29, 0.717) is 0 Å². The van der Waals surface area contributed by atoms with Crippen LogP contribution in [0.2, 0.25) is 0 Å². The van der Waals surface area contributed by atoms with Crippen molar-refractivity contribution >= 4 is 5.97 Å². The Labute approximate surface area is 92.4 Å². The van der Waals surface area contributed by atoms with Gasteiger partial charge in [0.1, 0.15) is 0 Å². The molecule has 17 heavy (non-hydrogen) atoms. The van der Waals surface area contributed by atoms with Crippen molar-refractivity contribution in [2.24, 2.45) is 0 Å². The van der Waals surface area contributed by atoms with E-state index in [4.69, 9.17) is 5.11 Å². The Hall–Kier alpha value is -0.990. The van der Waals surface area contributed by atoms with E-state index in [1.165, 1.54) is 0 Å². The van der Waals surface area contributed by atoms with Crippen LogP contribution in [-0.2, 0) is 9.53 Å². The molecule has 0 saturated carbocycles. The smallest absolute Gasteiger partial charge is 0.423 e. The third-order valence-electron chi connectivity index (χ3n) is 1.73. The minimum atomic E-state index is -5.57. The van der Waals surface area contributed by atoms with Gasteiger partial charge >= 0.3 is 18.3 Å². The first-order valence-electron chi connectivity index (χ1n) is 4.45. The summed E-state index contributed by atoms with van der Waals surface area (Å²) in [5.41, 5.74) is 0. The molecular weight excluding hydrogens is 258 g/mol. The lowest BCUT2D eigenvalue weighted by Crippen LogP contribution is -2.46. The van der Waals surface area contributed by atoms with Gasteiger partial charge in [-0.2, -0.15) is 26.3 Å². The predicted octanol–water partition coefficient (Wildman–Crippen LogP) is 2.75. The molecule has 0 spiro atoms. The van der Waals surface area contributed by atoms with Gasteiger partial charge in [-0.15, -0.1) is 0 Å². The molecule has 3 nitrogen and oxygen atoms in total. The van der Waals surface area contributed by atoms with Crippen molar-refractivity contribution in [1.82, 2.24) is 0 Å². The van der Waals surface area contributed by atoms with Crippen LogP contribution in [0.5, 0.6) is 0 Å². The summed E-state index contributed by atoms with van der Waals surface area (Å²) in [5.74, 6) is -1.32. The largest absolute Gasteiger partial charge is 0.481 e. The van der Waals surface area contributed by atoms with Crippen molar-refractivity contribution in [2.75, 3.05) is 0 Å². The normalized spacial score (nSPS) is 15.1. The van der Waals surface area contributed by atoms with Crippen molar-refractivity contribution in [3.63, 3.8) is 0 Å². The molecule has 1 unspecified atom stereocenters. The molecule has 0 amide bonds. The zero-order chi connectivity index (χ0) is 13.9. The van der Waals surface area contributed by atoms with Crippen LogP contribution in [-0.4, -0.2) is 35.6 Å². The van der Waals surface area contributed by atoms with Crippen LogP contribution in [0.3, 0.4) is 0 Å². The summed E-state index contributed by atoms with van der Waals surface area (Å²) >= 11 is 0. The van der Waals surface area contributed by atoms with E-state index < -0.39 is 43.4 Å². The summed E-state index contributed by atoms with van der Waals surface area (Å²) in [7, 11) is 0. The van der Waals surface area contributed by atoms with E-state index in [1.54, 1.807) is 0 Å². The topological polar surface area (TPSA) is 46.5 Å². The molecule has 102 valence electrons. The Balaban J connectivity index is 4.51. The number of carboxylic acid groups (broad SMARTS) is 1. The quantitative estimate of drug-likeness (QED) is 0.780. The Morgan fingerprint density at radius 1 is 1.18 bits per heavy atom. The average molecular weight is 268 g/mol. The third kappa shape index (κ3) is 6.35. The van der Waals surface area contributed by atoms with Crippen molar-refractivity contribution < 1.29 is 41.0 Å². The van der Waals surface area contributed by atoms with E-state index >= 15 is 0 Å². The van der Waals surface area contributed by atoms with Gasteiger partial charge in [0.15, 0.2) is 0 Å². The maximum atomic E-state index is 12.0. The third-order valence-corrected chi connectivity index (χ3v) is 1.73. The second kappa shape index (κ2) is 5.56. The first-order valence-corrected chi connectivity index (χ1v) is 4.45. The molecule has 9 heteroatoms. The lowest BCUT2D eigenvalue weighted by molar-refractivity contribution is -0.330. The second-order valence-electron chi connectivity index (χ2n) is 3.34. The predicted molar refractivity (Wildman–Crippen MR) is 43.3 cm³/mol. The molecule has 0 bridgehead atoms. The van der Waals surface area contributed by atoms with Gasteiger partial charge in [0.25, 0.3) is 0 Å². The number of ether oxygens (including phenoxy) is 1. The molecule has 0 aliphatic rings. The van der Waals surface area contributed by atoms with E-state index in [0.717, 1.165) is 6.92 Å². The van der Waals surface area contributed by atoms with E-state index in [2.05, 4.69) is 4.74 Å². The first kappa shape index (κ1) is 16.0. The summed E-state index contributed by atoms with van der Waals surface area (Å²) in [6, 6.07) is 0. The summed E-state index contributed by atoms with van der Waals surface area (Å²) in [6.45, 7) is 0.952. The van der Waals surface area contributed by atoms with Gasteiger partial charge in [-0.1, -0.05) is 0 Å². The molecule has 0 heterocycles. The zero-order valence-corrected chi connectivity index (χ0v) is 8.60. The van der Waals surface area contributed by atoms with Crippen molar-refractivity contribution in [2.45, 2.75) is 44.3 Å². The fourth-order valence-corrected chi connectivity index (χ4v) is 0.967. The number of rotatable bonds is 5. The highest BCUT2D eigenvalue weighted by molar-refractivity contribution is 5.66. The van der Waals surface area contributed by atoms with Gasteiger partial charge in [-0.05, 0) is 13.3 Å². The fraction of sp³-hybridized carbons (Fsp3) is 0.875. The molecule has 1 N–H and O–H groups in total. The molecule has 0 radical (unpaired) electrons. The molecule has 0 aliphatic carbocycles. The second-order valence-corrected chi connectivity index (χ2v) is 3.34. The Bertz CT molecular complexity index is 245.